The van der Waals surface area contributed by atoms with E-state index < -0.39 is 0 Å². The third-order valence-corrected chi connectivity index (χ3v) is 5.27. The molecule has 1 unspecified atom stereocenters. The molecule has 0 fully saturated rings. The van der Waals surface area contributed by atoms with Gasteiger partial charge in [0.25, 0.3) is 0 Å². The first kappa shape index (κ1) is 18.0. The van der Waals surface area contributed by atoms with Crippen molar-refractivity contribution in [2.75, 3.05) is 5.32 Å². The summed E-state index contributed by atoms with van der Waals surface area (Å²) in [5, 5.41) is 12.5. The van der Waals surface area contributed by atoms with E-state index in [1.165, 1.54) is 11.8 Å². The van der Waals surface area contributed by atoms with Gasteiger partial charge in [0.05, 0.1) is 10.8 Å². The number of nitriles is 1. The number of rotatable bonds is 5. The van der Waals surface area contributed by atoms with Crippen LogP contribution in [0.1, 0.15) is 35.7 Å². The molecule has 5 heteroatoms. The van der Waals surface area contributed by atoms with E-state index in [0.717, 1.165) is 22.5 Å². The van der Waals surface area contributed by atoms with Gasteiger partial charge in [-0.15, -0.1) is 0 Å². The van der Waals surface area contributed by atoms with Crippen LogP contribution in [0.5, 0.6) is 0 Å². The number of carbonyl (C=O) groups excluding carboxylic acids is 1. The van der Waals surface area contributed by atoms with Crippen molar-refractivity contribution < 1.29 is 4.79 Å². The van der Waals surface area contributed by atoms with E-state index >= 15 is 0 Å². The van der Waals surface area contributed by atoms with Crippen LogP contribution in [0.4, 0.5) is 5.69 Å². The first-order valence-electron chi connectivity index (χ1n) is 7.87. The topological polar surface area (TPSA) is 65.8 Å². The number of aryl methyl sites for hydroxylation is 2. The molecule has 0 aliphatic carbocycles. The maximum atomic E-state index is 12.7. The molecule has 0 saturated carbocycles. The summed E-state index contributed by atoms with van der Waals surface area (Å²) in [5.41, 5.74) is 4.37. The molecule has 1 atom stereocenters. The van der Waals surface area contributed by atoms with Crippen molar-refractivity contribution in [3.05, 3.63) is 52.7 Å². The fourth-order valence-electron chi connectivity index (χ4n) is 2.26. The summed E-state index contributed by atoms with van der Waals surface area (Å²) in [5.74, 6) is -0.0663. The average Bonchev–Trinajstić information content (AvgIpc) is 2.56. The SMILES string of the molecule is CCC(Sc1nc(C)ccc1C#N)C(=O)Nc1cccc(C)c1C. The second kappa shape index (κ2) is 7.98. The molecule has 0 saturated heterocycles. The van der Waals surface area contributed by atoms with Crippen molar-refractivity contribution in [3.8, 4) is 6.07 Å². The molecule has 4 nitrogen and oxygen atoms in total. The predicted octanol–water partition coefficient (Wildman–Crippen LogP) is 4.39. The highest BCUT2D eigenvalue weighted by molar-refractivity contribution is 8.00. The van der Waals surface area contributed by atoms with Crippen LogP contribution in [0.3, 0.4) is 0 Å². The molecule has 1 N–H and O–H groups in total. The summed E-state index contributed by atoms with van der Waals surface area (Å²) in [6.07, 6.45) is 0.655. The summed E-state index contributed by atoms with van der Waals surface area (Å²) < 4.78 is 0. The molecule has 124 valence electrons. The fourth-order valence-corrected chi connectivity index (χ4v) is 3.30. The van der Waals surface area contributed by atoms with Crippen LogP contribution in [0.15, 0.2) is 35.4 Å². The minimum absolute atomic E-state index is 0.0663. The number of nitrogens with zero attached hydrogens (tertiary/aromatic N) is 2. The van der Waals surface area contributed by atoms with Gasteiger partial charge in [-0.2, -0.15) is 5.26 Å². The number of nitrogens with one attached hydrogen (secondary N) is 1. The number of hydrogen-bond donors (Lipinski definition) is 1. The number of amides is 1. The van der Waals surface area contributed by atoms with Crippen LogP contribution in [-0.4, -0.2) is 16.1 Å². The minimum atomic E-state index is -0.300. The standard InChI is InChI=1S/C19H21N3OS/c1-5-17(24-19-15(11-20)10-9-13(3)21-19)18(23)22-16-8-6-7-12(2)14(16)4/h6-10,17H,5H2,1-4H3,(H,22,23). The smallest absolute Gasteiger partial charge is 0.237 e. The van der Waals surface area contributed by atoms with E-state index in [0.29, 0.717) is 17.0 Å². The summed E-state index contributed by atoms with van der Waals surface area (Å²) in [6, 6.07) is 11.6. The van der Waals surface area contributed by atoms with Crippen molar-refractivity contribution >= 4 is 23.4 Å². The van der Waals surface area contributed by atoms with Crippen molar-refractivity contribution in [3.63, 3.8) is 0 Å². The zero-order chi connectivity index (χ0) is 17.7. The third-order valence-electron chi connectivity index (χ3n) is 3.90. The maximum absolute atomic E-state index is 12.7. The average molecular weight is 339 g/mol. The van der Waals surface area contributed by atoms with Crippen LogP contribution in [0, 0.1) is 32.1 Å². The lowest BCUT2D eigenvalue weighted by molar-refractivity contribution is -0.115. The third kappa shape index (κ3) is 4.15. The molecule has 24 heavy (non-hydrogen) atoms. The Labute approximate surface area is 147 Å². The largest absolute Gasteiger partial charge is 0.325 e. The van der Waals surface area contributed by atoms with Gasteiger partial charge in [-0.25, -0.2) is 4.98 Å². The zero-order valence-electron chi connectivity index (χ0n) is 14.4. The first-order valence-corrected chi connectivity index (χ1v) is 8.75. The summed E-state index contributed by atoms with van der Waals surface area (Å²) in [7, 11) is 0. The van der Waals surface area contributed by atoms with Crippen LogP contribution < -0.4 is 5.32 Å². The Morgan fingerprint density at radius 2 is 2.04 bits per heavy atom. The van der Waals surface area contributed by atoms with E-state index in [-0.39, 0.29) is 11.2 Å². The lowest BCUT2D eigenvalue weighted by Crippen LogP contribution is -2.25. The molecule has 0 aliphatic heterocycles. The van der Waals surface area contributed by atoms with Gasteiger partial charge < -0.3 is 5.32 Å². The van der Waals surface area contributed by atoms with Gasteiger partial charge in [-0.3, -0.25) is 4.79 Å². The minimum Gasteiger partial charge on any atom is -0.325 e. The fraction of sp³-hybridized carbons (Fsp3) is 0.316. The number of aromatic nitrogens is 1. The van der Waals surface area contributed by atoms with Gasteiger partial charge in [0.2, 0.25) is 5.91 Å². The molecule has 2 aromatic rings. The first-order chi connectivity index (χ1) is 11.5. The second-order valence-corrected chi connectivity index (χ2v) is 6.86. The Balaban J connectivity index is 2.20. The molecule has 1 aromatic heterocycles. The second-order valence-electron chi connectivity index (χ2n) is 5.67. The van der Waals surface area contributed by atoms with Crippen LogP contribution >= 0.6 is 11.8 Å². The number of thioether (sulfide) groups is 1. The van der Waals surface area contributed by atoms with E-state index in [9.17, 15) is 10.1 Å². The van der Waals surface area contributed by atoms with Gasteiger partial charge in [0, 0.05) is 11.4 Å². The van der Waals surface area contributed by atoms with Crippen molar-refractivity contribution in [2.24, 2.45) is 0 Å². The maximum Gasteiger partial charge on any atom is 0.237 e. The molecule has 0 radical (unpaired) electrons. The Bertz CT molecular complexity index is 796. The Morgan fingerprint density at radius 3 is 2.71 bits per heavy atom. The predicted molar refractivity (Wildman–Crippen MR) is 98.2 cm³/mol. The number of carbonyl (C=O) groups is 1. The van der Waals surface area contributed by atoms with Gasteiger partial charge in [0.1, 0.15) is 11.1 Å². The molecular weight excluding hydrogens is 318 g/mol. The number of benzene rings is 1. The van der Waals surface area contributed by atoms with Gasteiger partial charge in [0.15, 0.2) is 0 Å². The summed E-state index contributed by atoms with van der Waals surface area (Å²) in [4.78, 5) is 17.1. The molecule has 1 aromatic carbocycles. The lowest BCUT2D eigenvalue weighted by atomic mass is 10.1. The van der Waals surface area contributed by atoms with E-state index in [1.807, 2.05) is 45.9 Å². The molecule has 0 aliphatic rings. The van der Waals surface area contributed by atoms with Crippen LogP contribution in [0.25, 0.3) is 0 Å². The van der Waals surface area contributed by atoms with Crippen molar-refractivity contribution in [1.82, 2.24) is 4.98 Å². The quantitative estimate of drug-likeness (QED) is 0.821. The van der Waals surface area contributed by atoms with E-state index in [2.05, 4.69) is 16.4 Å². The van der Waals surface area contributed by atoms with Crippen molar-refractivity contribution in [1.29, 1.82) is 5.26 Å². The normalized spacial score (nSPS) is 11.6. The monoisotopic (exact) mass is 339 g/mol. The summed E-state index contributed by atoms with van der Waals surface area (Å²) in [6.45, 7) is 7.85. The van der Waals surface area contributed by atoms with Crippen LogP contribution in [0.2, 0.25) is 0 Å². The highest BCUT2D eigenvalue weighted by atomic mass is 32.2. The molecule has 0 bridgehead atoms. The molecule has 0 spiro atoms. The highest BCUT2D eigenvalue weighted by Gasteiger charge is 2.21. The van der Waals surface area contributed by atoms with Crippen LogP contribution in [-0.2, 0) is 4.79 Å². The molecular formula is C19H21N3OS. The van der Waals surface area contributed by atoms with Gasteiger partial charge in [-0.1, -0.05) is 30.8 Å². The van der Waals surface area contributed by atoms with E-state index in [4.69, 9.17) is 0 Å². The zero-order valence-corrected chi connectivity index (χ0v) is 15.2. The Hall–Kier alpha value is -2.32. The van der Waals surface area contributed by atoms with Gasteiger partial charge in [-0.05, 0) is 56.5 Å². The van der Waals surface area contributed by atoms with Crippen molar-refractivity contribution in [2.45, 2.75) is 44.4 Å². The number of anilines is 1. The van der Waals surface area contributed by atoms with Gasteiger partial charge >= 0.3 is 0 Å². The lowest BCUT2D eigenvalue weighted by Gasteiger charge is -2.17. The number of hydrogen-bond acceptors (Lipinski definition) is 4. The van der Waals surface area contributed by atoms with E-state index in [1.54, 1.807) is 12.1 Å². The number of pyridine rings is 1. The molecule has 1 amide bonds. The molecule has 2 rings (SSSR count). The Morgan fingerprint density at radius 1 is 1.29 bits per heavy atom. The molecule has 1 heterocycles. The Kier molecular flexibility index (Phi) is 5.99. The highest BCUT2D eigenvalue weighted by Crippen LogP contribution is 2.28. The summed E-state index contributed by atoms with van der Waals surface area (Å²) >= 11 is 1.35.